The molecule has 3 rings (SSSR count). The lowest BCUT2D eigenvalue weighted by Gasteiger charge is -2.23. The quantitative estimate of drug-likeness (QED) is 0.254. The van der Waals surface area contributed by atoms with E-state index >= 15 is 0 Å². The number of nitro groups is 1. The molecule has 0 aliphatic rings. The van der Waals surface area contributed by atoms with Gasteiger partial charge in [-0.15, -0.1) is 12.4 Å². The highest BCUT2D eigenvalue weighted by Gasteiger charge is 2.18. The van der Waals surface area contributed by atoms with Crippen LogP contribution in [0.25, 0.3) is 16.3 Å². The number of anilines is 1. The lowest BCUT2D eigenvalue weighted by molar-refractivity contribution is -0.384. The van der Waals surface area contributed by atoms with Crippen molar-refractivity contribution in [2.45, 2.75) is 13.8 Å². The molecule has 9 heteroatoms. The van der Waals surface area contributed by atoms with Crippen LogP contribution in [0.15, 0.2) is 54.6 Å². The molecule has 0 aliphatic heterocycles. The number of aromatic nitrogens is 1. The number of non-ortho nitro benzene ring substituents is 1. The largest absolute Gasteiger partial charge is 0.302 e. The molecule has 2 aromatic carbocycles. The molecule has 0 saturated heterocycles. The van der Waals surface area contributed by atoms with Crippen molar-refractivity contribution in [1.29, 1.82) is 0 Å². The molecule has 1 aromatic heterocycles. The van der Waals surface area contributed by atoms with Crippen molar-refractivity contribution >= 4 is 56.8 Å². The van der Waals surface area contributed by atoms with Gasteiger partial charge in [-0.05, 0) is 36.9 Å². The highest BCUT2D eigenvalue weighted by molar-refractivity contribution is 7.22. The van der Waals surface area contributed by atoms with E-state index in [1.165, 1.54) is 29.5 Å². The van der Waals surface area contributed by atoms with Gasteiger partial charge in [0, 0.05) is 31.3 Å². The third-order valence-corrected chi connectivity index (χ3v) is 5.87. The van der Waals surface area contributed by atoms with E-state index < -0.39 is 4.92 Å². The number of hydrogen-bond donors (Lipinski definition) is 0. The molecule has 3 aromatic rings. The van der Waals surface area contributed by atoms with Gasteiger partial charge in [0.15, 0.2) is 5.13 Å². The van der Waals surface area contributed by atoms with Crippen LogP contribution in [0.3, 0.4) is 0 Å². The maximum atomic E-state index is 13.1. The number of nitrogens with zero attached hydrogens (tertiary/aromatic N) is 4. The molecule has 7 nitrogen and oxygen atoms in total. The number of halogens is 1. The summed E-state index contributed by atoms with van der Waals surface area (Å²) in [4.78, 5) is 32.1. The molecular formula is C22H25ClN4O3S. The number of hydrogen-bond acceptors (Lipinski definition) is 6. The average molecular weight is 461 g/mol. The van der Waals surface area contributed by atoms with Crippen molar-refractivity contribution in [2.75, 3.05) is 31.1 Å². The van der Waals surface area contributed by atoms with Gasteiger partial charge in [-0.2, -0.15) is 0 Å². The van der Waals surface area contributed by atoms with E-state index in [-0.39, 0.29) is 24.0 Å². The van der Waals surface area contributed by atoms with Gasteiger partial charge in [0.1, 0.15) is 0 Å². The van der Waals surface area contributed by atoms with Crippen LogP contribution in [0.4, 0.5) is 10.8 Å². The van der Waals surface area contributed by atoms with Crippen LogP contribution in [0.1, 0.15) is 19.4 Å². The van der Waals surface area contributed by atoms with E-state index in [2.05, 4.69) is 23.7 Å². The van der Waals surface area contributed by atoms with Crippen LogP contribution in [-0.4, -0.2) is 46.9 Å². The number of likely N-dealkylation sites (N-methyl/N-ethyl adjacent to an activating group) is 1. The molecule has 0 N–H and O–H groups in total. The van der Waals surface area contributed by atoms with Gasteiger partial charge < -0.3 is 4.90 Å². The maximum absolute atomic E-state index is 13.1. The molecule has 0 spiro atoms. The second-order valence-electron chi connectivity index (χ2n) is 6.67. The Balaban J connectivity index is 0.00000341. The van der Waals surface area contributed by atoms with Crippen molar-refractivity contribution < 1.29 is 9.72 Å². The van der Waals surface area contributed by atoms with Gasteiger partial charge in [-0.1, -0.05) is 49.4 Å². The fourth-order valence-electron chi connectivity index (χ4n) is 3.06. The summed E-state index contributed by atoms with van der Waals surface area (Å²) >= 11 is 1.48. The Bertz CT molecular complexity index is 1030. The van der Waals surface area contributed by atoms with E-state index in [0.717, 1.165) is 29.9 Å². The third-order valence-electron chi connectivity index (χ3n) is 4.81. The Morgan fingerprint density at radius 1 is 1.13 bits per heavy atom. The number of rotatable bonds is 9. The third kappa shape index (κ3) is 6.33. The topological polar surface area (TPSA) is 79.6 Å². The van der Waals surface area contributed by atoms with Crippen LogP contribution in [-0.2, 0) is 4.79 Å². The standard InChI is InChI=1S/C22H24N4O3S.ClH/c1-3-24(4-2)14-15-25(22-23-19-10-5-6-11-20(19)30-22)21(27)13-12-17-8-7-9-18(16-17)26(28)29;/h5-13,16H,3-4,14-15H2,1-2H3;1H. The van der Waals surface area contributed by atoms with Crippen molar-refractivity contribution in [1.82, 2.24) is 9.88 Å². The lowest BCUT2D eigenvalue weighted by Crippen LogP contribution is -2.38. The number of amides is 1. The molecule has 1 amide bonds. The second kappa shape index (κ2) is 11.5. The van der Waals surface area contributed by atoms with Crippen LogP contribution in [0.5, 0.6) is 0 Å². The van der Waals surface area contributed by atoms with E-state index in [1.807, 2.05) is 24.3 Å². The molecule has 31 heavy (non-hydrogen) atoms. The van der Waals surface area contributed by atoms with Gasteiger partial charge in [-0.25, -0.2) is 4.98 Å². The fraction of sp³-hybridized carbons (Fsp3) is 0.273. The number of benzene rings is 2. The van der Waals surface area contributed by atoms with Gasteiger partial charge in [0.2, 0.25) is 0 Å². The smallest absolute Gasteiger partial charge is 0.270 e. The highest BCUT2D eigenvalue weighted by Crippen LogP contribution is 2.29. The first-order chi connectivity index (χ1) is 14.5. The number of carbonyl (C=O) groups excluding carboxylic acids is 1. The van der Waals surface area contributed by atoms with E-state index in [0.29, 0.717) is 17.2 Å². The first kappa shape index (κ1) is 24.5. The SMILES string of the molecule is CCN(CC)CCN(C(=O)C=Cc1cccc([N+](=O)[O-])c1)c1nc2ccccc2s1.Cl. The van der Waals surface area contributed by atoms with Gasteiger partial charge in [-0.3, -0.25) is 19.8 Å². The van der Waals surface area contributed by atoms with Crippen LogP contribution >= 0.6 is 23.7 Å². The van der Waals surface area contributed by atoms with Crippen molar-refractivity contribution in [2.24, 2.45) is 0 Å². The molecule has 0 atom stereocenters. The van der Waals surface area contributed by atoms with E-state index in [4.69, 9.17) is 0 Å². The van der Waals surface area contributed by atoms with Gasteiger partial charge >= 0.3 is 0 Å². The first-order valence-corrected chi connectivity index (χ1v) is 10.7. The Morgan fingerprint density at radius 2 is 1.87 bits per heavy atom. The normalized spacial score (nSPS) is 11.1. The Labute approximate surface area is 191 Å². The number of fused-ring (bicyclic) bond motifs is 1. The van der Waals surface area contributed by atoms with Crippen molar-refractivity contribution in [3.63, 3.8) is 0 Å². The first-order valence-electron chi connectivity index (χ1n) is 9.83. The second-order valence-corrected chi connectivity index (χ2v) is 7.68. The minimum absolute atomic E-state index is 0. The van der Waals surface area contributed by atoms with Crippen LogP contribution in [0.2, 0.25) is 0 Å². The van der Waals surface area contributed by atoms with E-state index in [1.54, 1.807) is 23.1 Å². The molecule has 0 bridgehead atoms. The van der Waals surface area contributed by atoms with Crippen LogP contribution < -0.4 is 4.90 Å². The van der Waals surface area contributed by atoms with E-state index in [9.17, 15) is 14.9 Å². The summed E-state index contributed by atoms with van der Waals surface area (Å²) in [6, 6.07) is 14.0. The predicted molar refractivity (Wildman–Crippen MR) is 129 cm³/mol. The maximum Gasteiger partial charge on any atom is 0.270 e. The minimum atomic E-state index is -0.448. The monoisotopic (exact) mass is 460 g/mol. The predicted octanol–water partition coefficient (Wildman–Crippen LogP) is 5.01. The molecule has 0 unspecified atom stereocenters. The van der Waals surface area contributed by atoms with Crippen molar-refractivity contribution in [3.05, 3.63) is 70.3 Å². The number of nitro benzene ring substituents is 1. The summed E-state index contributed by atoms with van der Waals surface area (Å²) in [5.74, 6) is -0.201. The van der Waals surface area contributed by atoms with Crippen LogP contribution in [0, 0.1) is 10.1 Å². The Hall–Kier alpha value is -2.81. The Morgan fingerprint density at radius 3 is 2.55 bits per heavy atom. The van der Waals surface area contributed by atoms with Crippen molar-refractivity contribution in [3.8, 4) is 0 Å². The zero-order valence-corrected chi connectivity index (χ0v) is 19.1. The molecule has 0 radical (unpaired) electrons. The molecule has 0 aliphatic carbocycles. The fourth-order valence-corrected chi connectivity index (χ4v) is 4.05. The van der Waals surface area contributed by atoms with Gasteiger partial charge in [0.05, 0.1) is 15.1 Å². The molecule has 0 fully saturated rings. The average Bonchev–Trinajstić information content (AvgIpc) is 3.19. The molecule has 0 saturated carbocycles. The lowest BCUT2D eigenvalue weighted by atomic mass is 10.2. The summed E-state index contributed by atoms with van der Waals surface area (Å²) in [5.41, 5.74) is 1.46. The number of carbonyl (C=O) groups is 1. The summed E-state index contributed by atoms with van der Waals surface area (Å²) in [6.45, 7) is 7.24. The van der Waals surface area contributed by atoms with Gasteiger partial charge in [0.25, 0.3) is 11.6 Å². The summed E-state index contributed by atoms with van der Waals surface area (Å²) in [7, 11) is 0. The molecular weight excluding hydrogens is 436 g/mol. The zero-order chi connectivity index (χ0) is 21.5. The summed E-state index contributed by atoms with van der Waals surface area (Å²) in [6.07, 6.45) is 3.06. The number of thiazole rings is 1. The zero-order valence-electron chi connectivity index (χ0n) is 17.4. The summed E-state index contributed by atoms with van der Waals surface area (Å²) < 4.78 is 1.02. The summed E-state index contributed by atoms with van der Waals surface area (Å²) in [5, 5.41) is 11.6. The molecule has 1 heterocycles. The number of para-hydroxylation sites is 1. The molecule has 164 valence electrons. The minimum Gasteiger partial charge on any atom is -0.302 e. The Kier molecular flexibility index (Phi) is 9.11. The highest BCUT2D eigenvalue weighted by atomic mass is 35.5.